The molecule has 0 aromatic heterocycles. The molecule has 1 nitrogen and oxygen atoms in total. The van der Waals surface area contributed by atoms with Crippen LogP contribution in [0.2, 0.25) is 0 Å². The molecular weight excluding hydrogens is 434 g/mol. The summed E-state index contributed by atoms with van der Waals surface area (Å²) in [5.41, 5.74) is 11.4. The van der Waals surface area contributed by atoms with Gasteiger partial charge in [0.1, 0.15) is 0 Å². The number of anilines is 3. The maximum absolute atomic E-state index is 2.35. The van der Waals surface area contributed by atoms with Gasteiger partial charge in [-0.05, 0) is 69.8 Å². The third-order valence-corrected chi connectivity index (χ3v) is 7.26. The lowest BCUT2D eigenvalue weighted by Gasteiger charge is -2.25. The molecule has 0 unspecified atom stereocenters. The first-order valence-electron chi connectivity index (χ1n) is 12.5. The van der Waals surface area contributed by atoms with E-state index < -0.39 is 0 Å². The van der Waals surface area contributed by atoms with Crippen LogP contribution in [0.25, 0.3) is 23.3 Å². The van der Waals surface area contributed by atoms with Crippen molar-refractivity contribution in [1.29, 1.82) is 0 Å². The second-order valence-electron chi connectivity index (χ2n) is 9.91. The van der Waals surface area contributed by atoms with Gasteiger partial charge in [0, 0.05) is 22.5 Å². The van der Waals surface area contributed by atoms with Crippen molar-refractivity contribution in [3.63, 3.8) is 0 Å². The highest BCUT2D eigenvalue weighted by atomic mass is 15.1. The van der Waals surface area contributed by atoms with Gasteiger partial charge in [-0.3, -0.25) is 0 Å². The standard InChI is InChI=1S/C35H29N/c1-35(2)33-16-10-9-15-31(33)32-24-21-27(25-34(32)35)18-17-26-19-22-30(23-20-26)36(28-11-5-3-6-12-28)29-13-7-4-8-14-29/h3-25H,1-2H3/b18-17-. The van der Waals surface area contributed by atoms with Gasteiger partial charge in [-0.15, -0.1) is 0 Å². The number of para-hydroxylation sites is 2. The highest BCUT2D eigenvalue weighted by molar-refractivity contribution is 5.83. The predicted octanol–water partition coefficient (Wildman–Crippen LogP) is 9.63. The van der Waals surface area contributed by atoms with Crippen molar-refractivity contribution in [2.24, 2.45) is 0 Å². The van der Waals surface area contributed by atoms with Crippen molar-refractivity contribution < 1.29 is 0 Å². The second kappa shape index (κ2) is 9.02. The van der Waals surface area contributed by atoms with E-state index in [1.54, 1.807) is 0 Å². The molecule has 5 aromatic carbocycles. The summed E-state index contributed by atoms with van der Waals surface area (Å²) in [5.74, 6) is 0. The van der Waals surface area contributed by atoms with Crippen LogP contribution < -0.4 is 4.90 Å². The number of nitrogens with zero attached hydrogens (tertiary/aromatic N) is 1. The van der Waals surface area contributed by atoms with E-state index in [-0.39, 0.29) is 5.41 Å². The smallest absolute Gasteiger partial charge is 0.0462 e. The first-order valence-corrected chi connectivity index (χ1v) is 12.5. The molecule has 36 heavy (non-hydrogen) atoms. The van der Waals surface area contributed by atoms with Crippen molar-refractivity contribution in [3.8, 4) is 11.1 Å². The van der Waals surface area contributed by atoms with E-state index in [1.165, 1.54) is 33.4 Å². The van der Waals surface area contributed by atoms with Gasteiger partial charge in [0.15, 0.2) is 0 Å². The number of benzene rings is 5. The quantitative estimate of drug-likeness (QED) is 0.235. The molecule has 6 rings (SSSR count). The van der Waals surface area contributed by atoms with Crippen LogP contribution in [0, 0.1) is 0 Å². The van der Waals surface area contributed by atoms with Gasteiger partial charge >= 0.3 is 0 Å². The van der Waals surface area contributed by atoms with Gasteiger partial charge in [0.2, 0.25) is 0 Å². The Morgan fingerprint density at radius 3 is 1.64 bits per heavy atom. The fourth-order valence-corrected chi connectivity index (χ4v) is 5.35. The molecule has 0 spiro atoms. The van der Waals surface area contributed by atoms with Crippen LogP contribution in [0.1, 0.15) is 36.1 Å². The van der Waals surface area contributed by atoms with Gasteiger partial charge in [0.25, 0.3) is 0 Å². The minimum Gasteiger partial charge on any atom is -0.311 e. The summed E-state index contributed by atoms with van der Waals surface area (Å²) in [5, 5.41) is 0. The SMILES string of the molecule is CC1(C)c2ccccc2-c2ccc(/C=C\c3ccc(N(c4ccccc4)c4ccccc4)cc3)cc21. The minimum atomic E-state index is 0.0236. The summed E-state index contributed by atoms with van der Waals surface area (Å²) in [6.45, 7) is 4.66. The number of fused-ring (bicyclic) bond motifs is 3. The maximum atomic E-state index is 2.35. The molecule has 0 amide bonds. The predicted molar refractivity (Wildman–Crippen MR) is 154 cm³/mol. The van der Waals surface area contributed by atoms with Gasteiger partial charge in [-0.25, -0.2) is 0 Å². The van der Waals surface area contributed by atoms with Crippen LogP contribution in [0.5, 0.6) is 0 Å². The highest BCUT2D eigenvalue weighted by Gasteiger charge is 2.34. The number of hydrogen-bond acceptors (Lipinski definition) is 1. The van der Waals surface area contributed by atoms with E-state index in [1.807, 2.05) is 0 Å². The van der Waals surface area contributed by atoms with Crippen molar-refractivity contribution in [2.45, 2.75) is 19.3 Å². The van der Waals surface area contributed by atoms with E-state index in [2.05, 4.69) is 158 Å². The normalized spacial score (nSPS) is 13.4. The van der Waals surface area contributed by atoms with Gasteiger partial charge in [-0.2, -0.15) is 0 Å². The van der Waals surface area contributed by atoms with Gasteiger partial charge in [-0.1, -0.05) is 117 Å². The van der Waals surface area contributed by atoms with E-state index in [0.717, 1.165) is 17.1 Å². The molecule has 0 fully saturated rings. The van der Waals surface area contributed by atoms with Crippen molar-refractivity contribution >= 4 is 29.2 Å². The molecule has 0 heterocycles. The molecule has 0 bridgehead atoms. The Balaban J connectivity index is 1.28. The highest BCUT2D eigenvalue weighted by Crippen LogP contribution is 2.48. The lowest BCUT2D eigenvalue weighted by atomic mass is 9.82. The number of hydrogen-bond donors (Lipinski definition) is 0. The fraction of sp³-hybridized carbons (Fsp3) is 0.0857. The van der Waals surface area contributed by atoms with Crippen LogP contribution in [0.4, 0.5) is 17.1 Å². The van der Waals surface area contributed by atoms with Crippen LogP contribution in [0.15, 0.2) is 127 Å². The largest absolute Gasteiger partial charge is 0.311 e. The number of rotatable bonds is 5. The molecule has 0 radical (unpaired) electrons. The molecule has 174 valence electrons. The summed E-state index contributed by atoms with van der Waals surface area (Å²) < 4.78 is 0. The van der Waals surface area contributed by atoms with Crippen LogP contribution in [0.3, 0.4) is 0 Å². The van der Waals surface area contributed by atoms with Crippen molar-refractivity contribution in [1.82, 2.24) is 0 Å². The van der Waals surface area contributed by atoms with Crippen LogP contribution in [-0.2, 0) is 5.41 Å². The fourth-order valence-electron chi connectivity index (χ4n) is 5.35. The molecule has 0 saturated carbocycles. The van der Waals surface area contributed by atoms with Crippen LogP contribution in [-0.4, -0.2) is 0 Å². The van der Waals surface area contributed by atoms with Crippen molar-refractivity contribution in [2.75, 3.05) is 4.90 Å². The molecular formula is C35H29N. The first-order chi connectivity index (χ1) is 17.6. The molecule has 0 aliphatic heterocycles. The summed E-state index contributed by atoms with van der Waals surface area (Å²) in [4.78, 5) is 2.29. The minimum absolute atomic E-state index is 0.0236. The lowest BCUT2D eigenvalue weighted by Crippen LogP contribution is -2.14. The molecule has 0 saturated heterocycles. The zero-order chi connectivity index (χ0) is 24.5. The van der Waals surface area contributed by atoms with Crippen molar-refractivity contribution in [3.05, 3.63) is 150 Å². The van der Waals surface area contributed by atoms with E-state index in [4.69, 9.17) is 0 Å². The van der Waals surface area contributed by atoms with E-state index in [9.17, 15) is 0 Å². The Morgan fingerprint density at radius 1 is 0.472 bits per heavy atom. The molecule has 1 aliphatic carbocycles. The first kappa shape index (κ1) is 22.1. The third kappa shape index (κ3) is 3.93. The Morgan fingerprint density at radius 2 is 0.972 bits per heavy atom. The van der Waals surface area contributed by atoms with E-state index >= 15 is 0 Å². The van der Waals surface area contributed by atoms with Crippen LogP contribution >= 0.6 is 0 Å². The zero-order valence-corrected chi connectivity index (χ0v) is 20.7. The van der Waals surface area contributed by atoms with Gasteiger partial charge < -0.3 is 4.90 Å². The van der Waals surface area contributed by atoms with E-state index in [0.29, 0.717) is 0 Å². The molecule has 0 N–H and O–H groups in total. The Bertz CT molecular complexity index is 1490. The summed E-state index contributed by atoms with van der Waals surface area (Å²) in [6.07, 6.45) is 4.43. The molecule has 5 aromatic rings. The average Bonchev–Trinajstić information content (AvgIpc) is 3.16. The Labute approximate surface area is 214 Å². The Hall–Kier alpha value is -4.36. The zero-order valence-electron chi connectivity index (χ0n) is 20.7. The summed E-state index contributed by atoms with van der Waals surface area (Å²) in [7, 11) is 0. The summed E-state index contributed by atoms with van der Waals surface area (Å²) >= 11 is 0. The second-order valence-corrected chi connectivity index (χ2v) is 9.91. The average molecular weight is 464 g/mol. The summed E-state index contributed by atoms with van der Waals surface area (Å²) in [6, 6.07) is 45.5. The topological polar surface area (TPSA) is 3.24 Å². The third-order valence-electron chi connectivity index (χ3n) is 7.26. The maximum Gasteiger partial charge on any atom is 0.0462 e. The molecule has 1 aliphatic rings. The van der Waals surface area contributed by atoms with Gasteiger partial charge in [0.05, 0.1) is 0 Å². The Kier molecular flexibility index (Phi) is 5.54. The molecule has 0 atom stereocenters. The molecule has 1 heteroatoms. The lowest BCUT2D eigenvalue weighted by molar-refractivity contribution is 0.660. The monoisotopic (exact) mass is 463 g/mol.